The van der Waals surface area contributed by atoms with Crippen LogP contribution in [0.15, 0.2) is 30.8 Å². The van der Waals surface area contributed by atoms with Crippen LogP contribution in [0.4, 0.5) is 0 Å². The molecule has 0 unspecified atom stereocenters. The molecular formula is C9H11BO2. The van der Waals surface area contributed by atoms with Gasteiger partial charge in [0, 0.05) is 6.32 Å². The molecule has 0 spiro atoms. The molecular weight excluding hydrogens is 151 g/mol. The van der Waals surface area contributed by atoms with Crippen LogP contribution in [-0.4, -0.2) is 17.2 Å². The highest BCUT2D eigenvalue weighted by Gasteiger charge is 2.09. The van der Waals surface area contributed by atoms with E-state index in [1.54, 1.807) is 6.08 Å². The first-order valence-electron chi connectivity index (χ1n) is 3.80. The Morgan fingerprint density at radius 2 is 2.00 bits per heavy atom. The first-order valence-corrected chi connectivity index (χ1v) is 3.80. The molecule has 3 heteroatoms. The Kier molecular flexibility index (Phi) is 3.08. The van der Waals surface area contributed by atoms with Gasteiger partial charge in [-0.1, -0.05) is 36.9 Å². The molecule has 0 radical (unpaired) electrons. The van der Waals surface area contributed by atoms with Crippen LogP contribution in [0.3, 0.4) is 0 Å². The van der Waals surface area contributed by atoms with Crippen molar-refractivity contribution in [3.05, 3.63) is 42.0 Å². The van der Waals surface area contributed by atoms with E-state index in [2.05, 4.69) is 6.58 Å². The molecule has 1 aromatic rings. The molecule has 0 amide bonds. The second-order valence-electron chi connectivity index (χ2n) is 2.59. The maximum atomic E-state index is 8.75. The van der Waals surface area contributed by atoms with Gasteiger partial charge in [-0.05, 0) is 11.1 Å². The summed E-state index contributed by atoms with van der Waals surface area (Å²) in [5, 5.41) is 17.5. The average molecular weight is 162 g/mol. The zero-order valence-corrected chi connectivity index (χ0v) is 6.77. The Labute approximate surface area is 72.3 Å². The summed E-state index contributed by atoms with van der Waals surface area (Å²) in [6, 6.07) is 7.51. The molecule has 12 heavy (non-hydrogen) atoms. The van der Waals surface area contributed by atoms with Crippen molar-refractivity contribution in [1.29, 1.82) is 0 Å². The number of hydrogen-bond acceptors (Lipinski definition) is 2. The molecule has 62 valence electrons. The lowest BCUT2D eigenvalue weighted by atomic mass is 9.80. The smallest absolute Gasteiger partial charge is 0.427 e. The summed E-state index contributed by atoms with van der Waals surface area (Å²) >= 11 is 0. The SMILES string of the molecule is C=Cc1ccccc1CB(O)O. The van der Waals surface area contributed by atoms with Crippen molar-refractivity contribution in [3.8, 4) is 0 Å². The van der Waals surface area contributed by atoms with E-state index in [-0.39, 0.29) is 6.32 Å². The Balaban J connectivity index is 2.89. The van der Waals surface area contributed by atoms with Crippen LogP contribution in [0.1, 0.15) is 11.1 Å². The lowest BCUT2D eigenvalue weighted by Crippen LogP contribution is -2.15. The largest absolute Gasteiger partial charge is 0.456 e. The van der Waals surface area contributed by atoms with Crippen LogP contribution in [0, 0.1) is 0 Å². The third-order valence-electron chi connectivity index (χ3n) is 1.68. The molecule has 0 aromatic heterocycles. The first kappa shape index (κ1) is 9.04. The summed E-state index contributed by atoms with van der Waals surface area (Å²) in [4.78, 5) is 0. The summed E-state index contributed by atoms with van der Waals surface area (Å²) in [6.07, 6.45) is 1.96. The fourth-order valence-electron chi connectivity index (χ4n) is 1.12. The summed E-state index contributed by atoms with van der Waals surface area (Å²) in [7, 11) is -1.29. The van der Waals surface area contributed by atoms with Gasteiger partial charge in [-0.25, -0.2) is 0 Å². The Bertz CT molecular complexity index is 271. The molecule has 0 aliphatic heterocycles. The molecule has 0 aliphatic carbocycles. The fourth-order valence-corrected chi connectivity index (χ4v) is 1.12. The molecule has 0 heterocycles. The van der Waals surface area contributed by atoms with Crippen molar-refractivity contribution in [1.82, 2.24) is 0 Å². The molecule has 1 rings (SSSR count). The molecule has 0 bridgehead atoms. The zero-order valence-electron chi connectivity index (χ0n) is 6.77. The van der Waals surface area contributed by atoms with Crippen LogP contribution < -0.4 is 0 Å². The van der Waals surface area contributed by atoms with E-state index in [9.17, 15) is 0 Å². The average Bonchev–Trinajstić information content (AvgIpc) is 2.04. The van der Waals surface area contributed by atoms with Crippen molar-refractivity contribution < 1.29 is 10.0 Å². The van der Waals surface area contributed by atoms with Crippen molar-refractivity contribution in [3.63, 3.8) is 0 Å². The van der Waals surface area contributed by atoms with E-state index in [4.69, 9.17) is 10.0 Å². The normalized spacial score (nSPS) is 9.50. The number of rotatable bonds is 3. The van der Waals surface area contributed by atoms with E-state index in [1.165, 1.54) is 0 Å². The van der Waals surface area contributed by atoms with Crippen LogP contribution in [0.2, 0.25) is 0 Å². The molecule has 1 aromatic carbocycles. The van der Waals surface area contributed by atoms with Crippen molar-refractivity contribution >= 4 is 13.2 Å². The van der Waals surface area contributed by atoms with Gasteiger partial charge in [-0.2, -0.15) is 0 Å². The third kappa shape index (κ3) is 2.22. The predicted octanol–water partition coefficient (Wildman–Crippen LogP) is 0.884. The van der Waals surface area contributed by atoms with Gasteiger partial charge in [-0.3, -0.25) is 0 Å². The van der Waals surface area contributed by atoms with Gasteiger partial charge in [0.05, 0.1) is 0 Å². The van der Waals surface area contributed by atoms with E-state index >= 15 is 0 Å². The summed E-state index contributed by atoms with van der Waals surface area (Å²) in [6.45, 7) is 3.64. The summed E-state index contributed by atoms with van der Waals surface area (Å²) < 4.78 is 0. The highest BCUT2D eigenvalue weighted by Crippen LogP contribution is 2.10. The van der Waals surface area contributed by atoms with Crippen molar-refractivity contribution in [2.24, 2.45) is 0 Å². The molecule has 0 aliphatic rings. The minimum Gasteiger partial charge on any atom is -0.427 e. The highest BCUT2D eigenvalue weighted by molar-refractivity contribution is 6.40. The Morgan fingerprint density at radius 1 is 1.33 bits per heavy atom. The molecule has 0 fully saturated rings. The minimum atomic E-state index is -1.29. The van der Waals surface area contributed by atoms with Crippen molar-refractivity contribution in [2.45, 2.75) is 6.32 Å². The van der Waals surface area contributed by atoms with Crippen LogP contribution in [-0.2, 0) is 6.32 Å². The zero-order chi connectivity index (χ0) is 8.97. The van der Waals surface area contributed by atoms with Gasteiger partial charge < -0.3 is 10.0 Å². The molecule has 2 N–H and O–H groups in total. The maximum absolute atomic E-state index is 8.75. The second-order valence-corrected chi connectivity index (χ2v) is 2.59. The van der Waals surface area contributed by atoms with E-state index < -0.39 is 7.12 Å². The lowest BCUT2D eigenvalue weighted by Gasteiger charge is -2.03. The van der Waals surface area contributed by atoms with E-state index in [0.717, 1.165) is 11.1 Å². The van der Waals surface area contributed by atoms with Crippen LogP contribution in [0.5, 0.6) is 0 Å². The maximum Gasteiger partial charge on any atom is 0.456 e. The monoisotopic (exact) mass is 162 g/mol. The molecule has 2 nitrogen and oxygen atoms in total. The number of benzene rings is 1. The van der Waals surface area contributed by atoms with Gasteiger partial charge in [0.25, 0.3) is 0 Å². The quantitative estimate of drug-likeness (QED) is 0.647. The number of hydrogen-bond donors (Lipinski definition) is 2. The lowest BCUT2D eigenvalue weighted by molar-refractivity contribution is 0.405. The van der Waals surface area contributed by atoms with E-state index in [1.807, 2.05) is 24.3 Å². The van der Waals surface area contributed by atoms with Gasteiger partial charge in [0.1, 0.15) is 0 Å². The molecule has 0 saturated heterocycles. The standard InChI is InChI=1S/C9H11BO2/c1-2-8-5-3-4-6-9(8)7-10(11)12/h2-6,11-12H,1,7H2. The highest BCUT2D eigenvalue weighted by atomic mass is 16.4. The van der Waals surface area contributed by atoms with Gasteiger partial charge >= 0.3 is 7.12 Å². The third-order valence-corrected chi connectivity index (χ3v) is 1.68. The van der Waals surface area contributed by atoms with E-state index in [0.29, 0.717) is 0 Å². The van der Waals surface area contributed by atoms with Crippen LogP contribution in [0.25, 0.3) is 6.08 Å². The fraction of sp³-hybridized carbons (Fsp3) is 0.111. The van der Waals surface area contributed by atoms with Gasteiger partial charge in [0.2, 0.25) is 0 Å². The predicted molar refractivity (Wildman–Crippen MR) is 50.4 cm³/mol. The second kappa shape index (κ2) is 4.09. The Morgan fingerprint density at radius 3 is 2.58 bits per heavy atom. The molecule has 0 atom stereocenters. The van der Waals surface area contributed by atoms with Crippen LogP contribution >= 0.6 is 0 Å². The summed E-state index contributed by atoms with van der Waals surface area (Å²) in [5.41, 5.74) is 1.85. The topological polar surface area (TPSA) is 40.5 Å². The van der Waals surface area contributed by atoms with Gasteiger partial charge in [0.15, 0.2) is 0 Å². The first-order chi connectivity index (χ1) is 5.74. The Hall–Kier alpha value is -1.06. The van der Waals surface area contributed by atoms with Crippen molar-refractivity contribution in [2.75, 3.05) is 0 Å². The minimum absolute atomic E-state index is 0.252. The summed E-state index contributed by atoms with van der Waals surface area (Å²) in [5.74, 6) is 0. The molecule has 0 saturated carbocycles. The van der Waals surface area contributed by atoms with Gasteiger partial charge in [-0.15, -0.1) is 0 Å².